The van der Waals surface area contributed by atoms with Crippen LogP contribution < -0.4 is 10.9 Å². The quantitative estimate of drug-likeness (QED) is 0.682. The van der Waals surface area contributed by atoms with Crippen LogP contribution in [-0.2, 0) is 11.2 Å². The van der Waals surface area contributed by atoms with E-state index in [0.717, 1.165) is 5.56 Å². The standard InChI is InChI=1S/C18H16BrN3O3/c1-11-2-4-12(5-3-11)15-10-20-17(25-15)7-6-16(23)22-14-8-13(19)9-21-18(14)24/h2-5,8-10H,6-7H2,1H3,(H,21,24)(H,22,23). The van der Waals surface area contributed by atoms with Crippen LogP contribution in [0.3, 0.4) is 0 Å². The number of hydrogen-bond acceptors (Lipinski definition) is 4. The SMILES string of the molecule is Cc1ccc(-c2cnc(CCC(=O)Nc3cc(Br)c[nH]c3=O)o2)cc1. The number of H-pyrrole nitrogens is 1. The Kier molecular flexibility index (Phi) is 5.14. The molecule has 0 fully saturated rings. The highest BCUT2D eigenvalue weighted by Gasteiger charge is 2.10. The van der Waals surface area contributed by atoms with E-state index in [9.17, 15) is 9.59 Å². The number of benzene rings is 1. The second-order valence-corrected chi connectivity index (χ2v) is 6.51. The molecule has 0 spiro atoms. The summed E-state index contributed by atoms with van der Waals surface area (Å²) in [5.74, 6) is 0.867. The van der Waals surface area contributed by atoms with Crippen molar-refractivity contribution < 1.29 is 9.21 Å². The summed E-state index contributed by atoms with van der Waals surface area (Å²) in [5.41, 5.74) is 1.96. The van der Waals surface area contributed by atoms with Crippen LogP contribution in [0.4, 0.5) is 5.69 Å². The van der Waals surface area contributed by atoms with Crippen LogP contribution in [0.1, 0.15) is 17.9 Å². The fraction of sp³-hybridized carbons (Fsp3) is 0.167. The maximum atomic E-state index is 12.0. The van der Waals surface area contributed by atoms with E-state index in [1.807, 2.05) is 31.2 Å². The summed E-state index contributed by atoms with van der Waals surface area (Å²) in [7, 11) is 0. The van der Waals surface area contributed by atoms with E-state index in [2.05, 4.69) is 31.2 Å². The zero-order valence-corrected chi connectivity index (χ0v) is 15.1. The van der Waals surface area contributed by atoms with Crippen molar-refractivity contribution in [3.8, 4) is 11.3 Å². The summed E-state index contributed by atoms with van der Waals surface area (Å²) < 4.78 is 6.37. The predicted octanol–water partition coefficient (Wildman–Crippen LogP) is 3.67. The third-order valence-electron chi connectivity index (χ3n) is 3.60. The number of anilines is 1. The molecule has 0 saturated carbocycles. The normalized spacial score (nSPS) is 10.6. The minimum atomic E-state index is -0.352. The van der Waals surface area contributed by atoms with Gasteiger partial charge in [0.2, 0.25) is 5.91 Å². The van der Waals surface area contributed by atoms with Crippen molar-refractivity contribution in [2.45, 2.75) is 19.8 Å². The molecule has 2 aromatic heterocycles. The van der Waals surface area contributed by atoms with Gasteiger partial charge in [0.05, 0.1) is 6.20 Å². The first-order valence-electron chi connectivity index (χ1n) is 7.71. The smallest absolute Gasteiger partial charge is 0.271 e. The Labute approximate surface area is 152 Å². The highest BCUT2D eigenvalue weighted by atomic mass is 79.9. The largest absolute Gasteiger partial charge is 0.441 e. The number of hydrogen-bond donors (Lipinski definition) is 2. The average Bonchev–Trinajstić information content (AvgIpc) is 3.06. The van der Waals surface area contributed by atoms with Crippen molar-refractivity contribution in [3.63, 3.8) is 0 Å². The van der Waals surface area contributed by atoms with Gasteiger partial charge in [-0.15, -0.1) is 0 Å². The van der Waals surface area contributed by atoms with E-state index in [-0.39, 0.29) is 23.6 Å². The first-order chi connectivity index (χ1) is 12.0. The average molecular weight is 402 g/mol. The second-order valence-electron chi connectivity index (χ2n) is 5.59. The Morgan fingerprint density at radius 1 is 1.32 bits per heavy atom. The zero-order chi connectivity index (χ0) is 17.8. The minimum Gasteiger partial charge on any atom is -0.441 e. The predicted molar refractivity (Wildman–Crippen MR) is 98.4 cm³/mol. The highest BCUT2D eigenvalue weighted by Crippen LogP contribution is 2.21. The fourth-order valence-corrected chi connectivity index (χ4v) is 2.60. The second kappa shape index (κ2) is 7.48. The molecular weight excluding hydrogens is 386 g/mol. The number of nitrogens with zero attached hydrogens (tertiary/aromatic N) is 1. The van der Waals surface area contributed by atoms with Gasteiger partial charge in [-0.3, -0.25) is 9.59 Å². The molecule has 6 nitrogen and oxygen atoms in total. The van der Waals surface area contributed by atoms with Gasteiger partial charge in [-0.05, 0) is 28.9 Å². The zero-order valence-electron chi connectivity index (χ0n) is 13.5. The van der Waals surface area contributed by atoms with Gasteiger partial charge in [-0.2, -0.15) is 0 Å². The molecule has 0 bridgehead atoms. The maximum absolute atomic E-state index is 12.0. The molecule has 0 atom stereocenters. The third-order valence-corrected chi connectivity index (χ3v) is 4.06. The van der Waals surface area contributed by atoms with Crippen molar-refractivity contribution in [2.24, 2.45) is 0 Å². The van der Waals surface area contributed by atoms with Crippen molar-refractivity contribution in [3.05, 3.63) is 69.0 Å². The molecule has 0 aliphatic heterocycles. The van der Waals surface area contributed by atoms with Gasteiger partial charge >= 0.3 is 0 Å². The maximum Gasteiger partial charge on any atom is 0.271 e. The number of pyridine rings is 1. The first kappa shape index (κ1) is 17.2. The number of oxazole rings is 1. The molecular formula is C18H16BrN3O3. The number of aromatic amines is 1. The Bertz CT molecular complexity index is 945. The van der Waals surface area contributed by atoms with E-state index in [1.54, 1.807) is 12.3 Å². The van der Waals surface area contributed by atoms with E-state index in [1.165, 1.54) is 11.8 Å². The van der Waals surface area contributed by atoms with E-state index in [0.29, 0.717) is 22.5 Å². The molecule has 3 aromatic rings. The number of aryl methyl sites for hydroxylation is 2. The lowest BCUT2D eigenvalue weighted by Gasteiger charge is -2.03. The topological polar surface area (TPSA) is 88.0 Å². The molecule has 0 radical (unpaired) electrons. The van der Waals surface area contributed by atoms with E-state index >= 15 is 0 Å². The van der Waals surface area contributed by atoms with Crippen LogP contribution in [0, 0.1) is 6.92 Å². The Balaban J connectivity index is 1.60. The highest BCUT2D eigenvalue weighted by molar-refractivity contribution is 9.10. The fourth-order valence-electron chi connectivity index (χ4n) is 2.26. The number of aromatic nitrogens is 2. The molecule has 25 heavy (non-hydrogen) atoms. The molecule has 3 rings (SSSR count). The molecule has 0 saturated heterocycles. The van der Waals surface area contributed by atoms with Crippen molar-refractivity contribution in [1.82, 2.24) is 9.97 Å². The van der Waals surface area contributed by atoms with Gasteiger partial charge in [0.1, 0.15) is 5.69 Å². The van der Waals surface area contributed by atoms with E-state index < -0.39 is 0 Å². The van der Waals surface area contributed by atoms with Crippen molar-refractivity contribution in [1.29, 1.82) is 0 Å². The lowest BCUT2D eigenvalue weighted by Crippen LogP contribution is -2.19. The van der Waals surface area contributed by atoms with Crippen LogP contribution in [0.2, 0.25) is 0 Å². The van der Waals surface area contributed by atoms with E-state index in [4.69, 9.17) is 4.42 Å². The van der Waals surface area contributed by atoms with Crippen molar-refractivity contribution >= 4 is 27.5 Å². The van der Waals surface area contributed by atoms with Crippen LogP contribution in [0.25, 0.3) is 11.3 Å². The molecule has 128 valence electrons. The summed E-state index contributed by atoms with van der Waals surface area (Å²) in [6, 6.07) is 9.48. The Morgan fingerprint density at radius 3 is 2.84 bits per heavy atom. The molecule has 0 aliphatic carbocycles. The molecule has 7 heteroatoms. The molecule has 1 aromatic carbocycles. The monoisotopic (exact) mass is 401 g/mol. The summed E-state index contributed by atoms with van der Waals surface area (Å²) in [6.07, 6.45) is 3.68. The molecule has 2 heterocycles. The number of amides is 1. The van der Waals surface area contributed by atoms with Gasteiger partial charge in [-0.25, -0.2) is 4.98 Å². The molecule has 2 N–H and O–H groups in total. The summed E-state index contributed by atoms with van der Waals surface area (Å²) >= 11 is 3.24. The molecule has 0 unspecified atom stereocenters. The van der Waals surface area contributed by atoms with Gasteiger partial charge in [0.25, 0.3) is 5.56 Å². The minimum absolute atomic E-state index is 0.166. The lowest BCUT2D eigenvalue weighted by atomic mass is 10.1. The number of halogens is 1. The third kappa shape index (κ3) is 4.45. The number of rotatable bonds is 5. The summed E-state index contributed by atoms with van der Waals surface area (Å²) in [4.78, 5) is 30.4. The van der Waals surface area contributed by atoms with Crippen LogP contribution in [0.15, 0.2) is 56.4 Å². The number of carbonyl (C=O) groups excluding carboxylic acids is 1. The number of carbonyl (C=O) groups is 1. The van der Waals surface area contributed by atoms with Gasteiger partial charge in [0, 0.05) is 29.1 Å². The van der Waals surface area contributed by atoms with Gasteiger partial charge < -0.3 is 14.7 Å². The Hall–Kier alpha value is -2.67. The van der Waals surface area contributed by atoms with Gasteiger partial charge in [0.15, 0.2) is 11.7 Å². The Morgan fingerprint density at radius 2 is 2.08 bits per heavy atom. The summed E-state index contributed by atoms with van der Waals surface area (Å²) in [6.45, 7) is 2.02. The molecule has 1 amide bonds. The van der Waals surface area contributed by atoms with Crippen molar-refractivity contribution in [2.75, 3.05) is 5.32 Å². The summed E-state index contributed by atoms with van der Waals surface area (Å²) in [5, 5.41) is 2.58. The van der Waals surface area contributed by atoms with Gasteiger partial charge in [-0.1, -0.05) is 29.8 Å². The van der Waals surface area contributed by atoms with Crippen LogP contribution >= 0.6 is 15.9 Å². The first-order valence-corrected chi connectivity index (χ1v) is 8.50. The lowest BCUT2D eigenvalue weighted by molar-refractivity contribution is -0.116. The van der Waals surface area contributed by atoms with Crippen LogP contribution in [0.5, 0.6) is 0 Å². The number of nitrogens with one attached hydrogen (secondary N) is 2. The molecule has 0 aliphatic rings. The van der Waals surface area contributed by atoms with Crippen LogP contribution in [-0.4, -0.2) is 15.9 Å².